The topological polar surface area (TPSA) is 75.9 Å². The number of nitrogens with one attached hydrogen (secondary N) is 1. The molecule has 1 N–H and O–H groups in total. The van der Waals surface area contributed by atoms with E-state index in [1.807, 2.05) is 4.90 Å². The van der Waals surface area contributed by atoms with Gasteiger partial charge in [0, 0.05) is 43.7 Å². The molecule has 1 amide bonds. The number of hydrogen-bond acceptors (Lipinski definition) is 5. The van der Waals surface area contributed by atoms with Gasteiger partial charge in [-0.15, -0.1) is 10.2 Å². The fourth-order valence-electron chi connectivity index (χ4n) is 4.16. The number of halogens is 1. The van der Waals surface area contributed by atoms with E-state index in [2.05, 4.69) is 25.1 Å². The number of amides is 1. The van der Waals surface area contributed by atoms with Gasteiger partial charge in [0.15, 0.2) is 0 Å². The standard InChI is InChI=1S/C20H21FN6O/c21-16-1-2-17-14(10-16)9-15(11-23-17)20(28)26-6-3-13(4-7-26)19-25-24-18-12-22-5-8-27(18)19/h1-2,9-11,13,22H,3-8,12H2. The number of piperidine rings is 1. The Morgan fingerprint density at radius 1 is 1.14 bits per heavy atom. The number of fused-ring (bicyclic) bond motifs is 2. The van der Waals surface area contributed by atoms with E-state index in [1.165, 1.54) is 12.1 Å². The Morgan fingerprint density at radius 2 is 2.00 bits per heavy atom. The Hall–Kier alpha value is -2.87. The van der Waals surface area contributed by atoms with Crippen molar-refractivity contribution in [3.8, 4) is 0 Å². The first-order valence-electron chi connectivity index (χ1n) is 9.66. The van der Waals surface area contributed by atoms with Gasteiger partial charge in [0.05, 0.1) is 17.6 Å². The van der Waals surface area contributed by atoms with E-state index < -0.39 is 0 Å². The lowest BCUT2D eigenvalue weighted by Crippen LogP contribution is -2.39. The molecule has 0 unspecified atom stereocenters. The van der Waals surface area contributed by atoms with Crippen LogP contribution in [0.2, 0.25) is 0 Å². The molecular weight excluding hydrogens is 359 g/mol. The van der Waals surface area contributed by atoms with Gasteiger partial charge in [0.2, 0.25) is 0 Å². The van der Waals surface area contributed by atoms with Gasteiger partial charge in [0.1, 0.15) is 17.5 Å². The van der Waals surface area contributed by atoms with Crippen LogP contribution in [0.15, 0.2) is 30.5 Å². The minimum absolute atomic E-state index is 0.0513. The second-order valence-electron chi connectivity index (χ2n) is 7.43. The zero-order valence-electron chi connectivity index (χ0n) is 15.4. The molecule has 1 fully saturated rings. The van der Waals surface area contributed by atoms with Crippen LogP contribution in [0.5, 0.6) is 0 Å². The smallest absolute Gasteiger partial charge is 0.255 e. The average molecular weight is 380 g/mol. The second-order valence-corrected chi connectivity index (χ2v) is 7.43. The van der Waals surface area contributed by atoms with Crippen LogP contribution in [0, 0.1) is 5.82 Å². The van der Waals surface area contributed by atoms with E-state index in [4.69, 9.17) is 0 Å². The first-order chi connectivity index (χ1) is 13.7. The van der Waals surface area contributed by atoms with E-state index in [0.29, 0.717) is 35.5 Å². The molecule has 0 radical (unpaired) electrons. The van der Waals surface area contributed by atoms with E-state index >= 15 is 0 Å². The molecule has 0 aliphatic carbocycles. The van der Waals surface area contributed by atoms with Crippen molar-refractivity contribution in [2.24, 2.45) is 0 Å². The van der Waals surface area contributed by atoms with Crippen LogP contribution in [0.25, 0.3) is 10.9 Å². The Kier molecular flexibility index (Phi) is 4.27. The van der Waals surface area contributed by atoms with Crippen LogP contribution in [-0.2, 0) is 13.1 Å². The predicted molar refractivity (Wildman–Crippen MR) is 101 cm³/mol. The lowest BCUT2D eigenvalue weighted by atomic mass is 9.95. The summed E-state index contributed by atoms with van der Waals surface area (Å²) in [6, 6.07) is 6.14. The van der Waals surface area contributed by atoms with Crippen molar-refractivity contribution in [2.75, 3.05) is 19.6 Å². The molecule has 3 aromatic rings. The highest BCUT2D eigenvalue weighted by atomic mass is 19.1. The van der Waals surface area contributed by atoms with Crippen molar-refractivity contribution in [3.63, 3.8) is 0 Å². The Bertz CT molecular complexity index is 1040. The molecule has 1 aromatic carbocycles. The molecule has 0 bridgehead atoms. The number of pyridine rings is 1. The lowest BCUT2D eigenvalue weighted by Gasteiger charge is -2.32. The van der Waals surface area contributed by atoms with Crippen molar-refractivity contribution in [1.29, 1.82) is 0 Å². The van der Waals surface area contributed by atoms with E-state index in [0.717, 1.165) is 44.1 Å². The molecule has 5 rings (SSSR count). The number of carbonyl (C=O) groups is 1. The van der Waals surface area contributed by atoms with Crippen LogP contribution < -0.4 is 5.32 Å². The first kappa shape index (κ1) is 17.2. The third-order valence-corrected chi connectivity index (χ3v) is 5.69. The third-order valence-electron chi connectivity index (χ3n) is 5.69. The summed E-state index contributed by atoms with van der Waals surface area (Å²) in [4.78, 5) is 19.1. The molecule has 0 saturated carbocycles. The molecule has 0 spiro atoms. The van der Waals surface area contributed by atoms with Crippen LogP contribution in [0.1, 0.15) is 40.8 Å². The SMILES string of the molecule is O=C(c1cnc2ccc(F)cc2c1)N1CCC(c2nnc3n2CCNC3)CC1. The molecule has 0 atom stereocenters. The van der Waals surface area contributed by atoms with Gasteiger partial charge in [-0.3, -0.25) is 9.78 Å². The van der Waals surface area contributed by atoms with Gasteiger partial charge < -0.3 is 14.8 Å². The molecule has 28 heavy (non-hydrogen) atoms. The van der Waals surface area contributed by atoms with Gasteiger partial charge in [-0.2, -0.15) is 0 Å². The molecule has 7 nitrogen and oxygen atoms in total. The molecule has 2 aliphatic heterocycles. The predicted octanol–water partition coefficient (Wildman–Crippen LogP) is 2.09. The summed E-state index contributed by atoms with van der Waals surface area (Å²) < 4.78 is 15.7. The molecule has 1 saturated heterocycles. The van der Waals surface area contributed by atoms with E-state index in [1.54, 1.807) is 18.3 Å². The Labute approximate surface area is 161 Å². The summed E-state index contributed by atoms with van der Waals surface area (Å²) in [6.45, 7) is 3.94. The summed E-state index contributed by atoms with van der Waals surface area (Å²) in [7, 11) is 0. The molecule has 2 aliphatic rings. The van der Waals surface area contributed by atoms with E-state index in [9.17, 15) is 9.18 Å². The highest BCUT2D eigenvalue weighted by molar-refractivity contribution is 5.97. The summed E-state index contributed by atoms with van der Waals surface area (Å²) in [5, 5.41) is 12.7. The minimum Gasteiger partial charge on any atom is -0.339 e. The van der Waals surface area contributed by atoms with Crippen molar-refractivity contribution in [1.82, 2.24) is 30.0 Å². The number of likely N-dealkylation sites (tertiary alicyclic amines) is 1. The van der Waals surface area contributed by atoms with Crippen LogP contribution in [-0.4, -0.2) is 50.2 Å². The molecule has 4 heterocycles. The summed E-state index contributed by atoms with van der Waals surface area (Å²) in [5.74, 6) is 1.99. The van der Waals surface area contributed by atoms with Gasteiger partial charge in [-0.25, -0.2) is 4.39 Å². The number of nitrogens with zero attached hydrogens (tertiary/aromatic N) is 5. The number of carbonyl (C=O) groups excluding carboxylic acids is 1. The van der Waals surface area contributed by atoms with Crippen LogP contribution in [0.4, 0.5) is 4.39 Å². The maximum atomic E-state index is 13.5. The minimum atomic E-state index is -0.327. The third kappa shape index (κ3) is 3.03. The Balaban J connectivity index is 1.30. The summed E-state index contributed by atoms with van der Waals surface area (Å²) in [6.07, 6.45) is 3.32. The van der Waals surface area contributed by atoms with E-state index in [-0.39, 0.29) is 11.7 Å². The Morgan fingerprint density at radius 3 is 2.86 bits per heavy atom. The number of benzene rings is 1. The normalized spacial score (nSPS) is 17.7. The second kappa shape index (κ2) is 6.94. The fourth-order valence-corrected chi connectivity index (χ4v) is 4.16. The number of aromatic nitrogens is 4. The zero-order chi connectivity index (χ0) is 19.1. The van der Waals surface area contributed by atoms with Gasteiger partial charge >= 0.3 is 0 Å². The largest absolute Gasteiger partial charge is 0.339 e. The zero-order valence-corrected chi connectivity index (χ0v) is 15.4. The highest BCUT2D eigenvalue weighted by Crippen LogP contribution is 2.28. The van der Waals surface area contributed by atoms with Crippen molar-refractivity contribution < 1.29 is 9.18 Å². The lowest BCUT2D eigenvalue weighted by molar-refractivity contribution is 0.0710. The molecular formula is C20H21FN6O. The quantitative estimate of drug-likeness (QED) is 0.737. The highest BCUT2D eigenvalue weighted by Gasteiger charge is 2.29. The number of hydrogen-bond donors (Lipinski definition) is 1. The molecule has 144 valence electrons. The fraction of sp³-hybridized carbons (Fsp3) is 0.400. The van der Waals surface area contributed by atoms with Crippen LogP contribution >= 0.6 is 0 Å². The van der Waals surface area contributed by atoms with Crippen molar-refractivity contribution >= 4 is 16.8 Å². The van der Waals surface area contributed by atoms with Gasteiger partial charge in [-0.1, -0.05) is 0 Å². The van der Waals surface area contributed by atoms with Gasteiger partial charge in [0.25, 0.3) is 5.91 Å². The average Bonchev–Trinajstić information content (AvgIpc) is 3.17. The maximum Gasteiger partial charge on any atom is 0.255 e. The monoisotopic (exact) mass is 380 g/mol. The van der Waals surface area contributed by atoms with Crippen molar-refractivity contribution in [2.45, 2.75) is 31.8 Å². The van der Waals surface area contributed by atoms with Crippen molar-refractivity contribution in [3.05, 3.63) is 53.5 Å². The summed E-state index contributed by atoms with van der Waals surface area (Å²) >= 11 is 0. The first-order valence-corrected chi connectivity index (χ1v) is 9.66. The maximum absolute atomic E-state index is 13.5. The summed E-state index contributed by atoms with van der Waals surface area (Å²) in [5.41, 5.74) is 1.19. The number of rotatable bonds is 2. The van der Waals surface area contributed by atoms with Crippen LogP contribution in [0.3, 0.4) is 0 Å². The van der Waals surface area contributed by atoms with Gasteiger partial charge in [-0.05, 0) is 37.1 Å². The molecule has 8 heteroatoms. The molecule has 2 aromatic heterocycles.